The highest BCUT2D eigenvalue weighted by Gasteiger charge is 2.42. The summed E-state index contributed by atoms with van der Waals surface area (Å²) >= 11 is 0. The van der Waals surface area contributed by atoms with Crippen molar-refractivity contribution in [2.24, 2.45) is 5.92 Å². The van der Waals surface area contributed by atoms with E-state index < -0.39 is 0 Å². The molecule has 1 aromatic rings. The summed E-state index contributed by atoms with van der Waals surface area (Å²) in [7, 11) is 0. The van der Waals surface area contributed by atoms with Crippen LogP contribution in [-0.4, -0.2) is 41.8 Å². The van der Waals surface area contributed by atoms with Gasteiger partial charge in [-0.25, -0.2) is 0 Å². The van der Waals surface area contributed by atoms with Crippen molar-refractivity contribution in [3.8, 4) is 5.75 Å². The van der Waals surface area contributed by atoms with Gasteiger partial charge in [-0.2, -0.15) is 0 Å². The molecule has 2 fully saturated rings. The average molecular weight is 299 g/mol. The molecular weight excluding hydrogens is 274 g/mol. The molecule has 2 atom stereocenters. The molecule has 1 aromatic carbocycles. The average Bonchev–Trinajstić information content (AvgIpc) is 2.55. The Bertz CT molecular complexity index is 583. The van der Waals surface area contributed by atoms with Crippen LogP contribution < -0.4 is 4.74 Å². The van der Waals surface area contributed by atoms with Gasteiger partial charge in [-0.3, -0.25) is 4.90 Å². The van der Waals surface area contributed by atoms with Gasteiger partial charge in [0.2, 0.25) is 0 Å². The lowest BCUT2D eigenvalue weighted by molar-refractivity contribution is -0.0939. The maximum Gasteiger partial charge on any atom is 0.127 e. The number of hydrogen-bond acceptors (Lipinski definition) is 3. The molecule has 118 valence electrons. The monoisotopic (exact) mass is 299 g/mol. The number of nitrogens with zero attached hydrogens (tertiary/aromatic N) is 1. The zero-order chi connectivity index (χ0) is 15.0. The van der Waals surface area contributed by atoms with E-state index in [1.807, 2.05) is 12.1 Å². The normalized spacial score (nSPS) is 31.7. The summed E-state index contributed by atoms with van der Waals surface area (Å²) in [4.78, 5) is 2.51. The van der Waals surface area contributed by atoms with E-state index in [9.17, 15) is 5.11 Å². The summed E-state index contributed by atoms with van der Waals surface area (Å²) in [6.07, 6.45) is 7.88. The van der Waals surface area contributed by atoms with Crippen molar-refractivity contribution in [2.75, 3.05) is 26.2 Å². The number of aliphatic hydroxyl groups is 1. The minimum absolute atomic E-state index is 0.376. The molecule has 0 radical (unpaired) electrons. The van der Waals surface area contributed by atoms with Crippen LogP contribution in [0.5, 0.6) is 5.75 Å². The standard InChI is InChI=1S/C19H25NO2/c21-19-8-4-3-6-17(19)13-20(10-9-19)12-15-11-16-5-1-2-7-18(16)22-14-15/h1-2,5,7,11,17,21H,3-4,6,8-10,12-14H2. The van der Waals surface area contributed by atoms with Crippen molar-refractivity contribution in [3.05, 3.63) is 35.4 Å². The molecule has 0 spiro atoms. The molecule has 2 aliphatic heterocycles. The van der Waals surface area contributed by atoms with Gasteiger partial charge in [0.05, 0.1) is 5.60 Å². The first kappa shape index (κ1) is 14.3. The number of benzene rings is 1. The van der Waals surface area contributed by atoms with E-state index in [0.29, 0.717) is 12.5 Å². The quantitative estimate of drug-likeness (QED) is 0.911. The van der Waals surface area contributed by atoms with Gasteiger partial charge in [0.1, 0.15) is 12.4 Å². The molecule has 0 amide bonds. The fourth-order valence-electron chi connectivity index (χ4n) is 4.33. The second kappa shape index (κ2) is 5.71. The van der Waals surface area contributed by atoms with Crippen molar-refractivity contribution in [2.45, 2.75) is 37.7 Å². The number of ether oxygens (including phenoxy) is 1. The molecule has 1 N–H and O–H groups in total. The van der Waals surface area contributed by atoms with Crippen molar-refractivity contribution < 1.29 is 9.84 Å². The van der Waals surface area contributed by atoms with Crippen LogP contribution in [0.4, 0.5) is 0 Å². The molecule has 1 aliphatic carbocycles. The summed E-state index contributed by atoms with van der Waals surface area (Å²) in [6, 6.07) is 8.23. The van der Waals surface area contributed by atoms with Gasteiger partial charge in [0.15, 0.2) is 0 Å². The SMILES string of the molecule is OC12CCCCC1CN(CC1=Cc3ccccc3OC1)CC2. The Labute approximate surface area is 132 Å². The Kier molecular flexibility index (Phi) is 3.71. The van der Waals surface area contributed by atoms with E-state index in [1.165, 1.54) is 30.4 Å². The largest absolute Gasteiger partial charge is 0.489 e. The number of hydrogen-bond donors (Lipinski definition) is 1. The highest BCUT2D eigenvalue weighted by Crippen LogP contribution is 2.40. The lowest BCUT2D eigenvalue weighted by Crippen LogP contribution is -2.53. The van der Waals surface area contributed by atoms with Crippen LogP contribution in [-0.2, 0) is 0 Å². The van der Waals surface area contributed by atoms with Crippen molar-refractivity contribution in [1.29, 1.82) is 0 Å². The van der Waals surface area contributed by atoms with E-state index in [1.54, 1.807) is 0 Å². The number of rotatable bonds is 2. The lowest BCUT2D eigenvalue weighted by Gasteiger charge is -2.47. The number of para-hydroxylation sites is 1. The molecule has 3 heteroatoms. The first-order chi connectivity index (χ1) is 10.7. The van der Waals surface area contributed by atoms with Crippen molar-refractivity contribution in [3.63, 3.8) is 0 Å². The summed E-state index contributed by atoms with van der Waals surface area (Å²) in [6.45, 7) is 3.71. The Morgan fingerprint density at radius 2 is 2.14 bits per heavy atom. The second-order valence-electron chi connectivity index (χ2n) is 7.16. The highest BCUT2D eigenvalue weighted by atomic mass is 16.5. The predicted molar refractivity (Wildman–Crippen MR) is 87.9 cm³/mol. The topological polar surface area (TPSA) is 32.7 Å². The van der Waals surface area contributed by atoms with E-state index in [4.69, 9.17) is 4.74 Å². The van der Waals surface area contributed by atoms with Gasteiger partial charge in [-0.1, -0.05) is 31.0 Å². The molecule has 3 aliphatic rings. The zero-order valence-corrected chi connectivity index (χ0v) is 13.1. The molecule has 2 heterocycles. The van der Waals surface area contributed by atoms with Crippen molar-refractivity contribution >= 4 is 6.08 Å². The first-order valence-electron chi connectivity index (χ1n) is 8.59. The van der Waals surface area contributed by atoms with Crippen LogP contribution in [0, 0.1) is 5.92 Å². The third-order valence-electron chi connectivity index (χ3n) is 5.63. The molecule has 3 nitrogen and oxygen atoms in total. The Morgan fingerprint density at radius 3 is 3.09 bits per heavy atom. The summed E-state index contributed by atoms with van der Waals surface area (Å²) in [5.41, 5.74) is 2.16. The number of piperidine rings is 1. The Morgan fingerprint density at radius 1 is 1.23 bits per heavy atom. The van der Waals surface area contributed by atoms with Gasteiger partial charge in [0.25, 0.3) is 0 Å². The molecule has 0 bridgehead atoms. The molecule has 4 rings (SSSR count). The molecule has 1 saturated carbocycles. The minimum Gasteiger partial charge on any atom is -0.489 e. The van der Waals surface area contributed by atoms with E-state index in [0.717, 1.165) is 38.2 Å². The van der Waals surface area contributed by atoms with Crippen LogP contribution >= 0.6 is 0 Å². The zero-order valence-electron chi connectivity index (χ0n) is 13.1. The van der Waals surface area contributed by atoms with Gasteiger partial charge < -0.3 is 9.84 Å². The Balaban J connectivity index is 1.44. The van der Waals surface area contributed by atoms with Crippen LogP contribution in [0.3, 0.4) is 0 Å². The fraction of sp³-hybridized carbons (Fsp3) is 0.579. The molecule has 1 saturated heterocycles. The van der Waals surface area contributed by atoms with E-state index in [2.05, 4.69) is 23.1 Å². The van der Waals surface area contributed by atoms with Crippen molar-refractivity contribution in [1.82, 2.24) is 4.90 Å². The maximum atomic E-state index is 10.8. The number of fused-ring (bicyclic) bond motifs is 2. The molecule has 2 unspecified atom stereocenters. The third-order valence-corrected chi connectivity index (χ3v) is 5.63. The van der Waals surface area contributed by atoms with E-state index >= 15 is 0 Å². The number of likely N-dealkylation sites (tertiary alicyclic amines) is 1. The first-order valence-corrected chi connectivity index (χ1v) is 8.59. The smallest absolute Gasteiger partial charge is 0.127 e. The minimum atomic E-state index is -0.376. The second-order valence-corrected chi connectivity index (χ2v) is 7.16. The summed E-state index contributed by atoms with van der Waals surface area (Å²) in [5, 5.41) is 10.8. The lowest BCUT2D eigenvalue weighted by atomic mass is 9.71. The third kappa shape index (κ3) is 2.68. The van der Waals surface area contributed by atoms with Gasteiger partial charge in [-0.05, 0) is 37.0 Å². The Hall–Kier alpha value is -1.32. The van der Waals surface area contributed by atoms with Crippen LogP contribution in [0.25, 0.3) is 6.08 Å². The molecule has 22 heavy (non-hydrogen) atoms. The maximum absolute atomic E-state index is 10.8. The molecule has 0 aromatic heterocycles. The highest BCUT2D eigenvalue weighted by molar-refractivity contribution is 5.62. The predicted octanol–water partition coefficient (Wildman–Crippen LogP) is 3.09. The van der Waals surface area contributed by atoms with Gasteiger partial charge >= 0.3 is 0 Å². The molecular formula is C19H25NO2. The summed E-state index contributed by atoms with van der Waals surface area (Å²) in [5.74, 6) is 1.46. The van der Waals surface area contributed by atoms with Crippen LogP contribution in [0.1, 0.15) is 37.7 Å². The van der Waals surface area contributed by atoms with Gasteiger partial charge in [-0.15, -0.1) is 0 Å². The van der Waals surface area contributed by atoms with Crippen LogP contribution in [0.2, 0.25) is 0 Å². The summed E-state index contributed by atoms with van der Waals surface area (Å²) < 4.78 is 5.86. The van der Waals surface area contributed by atoms with E-state index in [-0.39, 0.29) is 5.60 Å². The fourth-order valence-corrected chi connectivity index (χ4v) is 4.33. The van der Waals surface area contributed by atoms with Crippen LogP contribution in [0.15, 0.2) is 29.8 Å². The van der Waals surface area contributed by atoms with Gasteiger partial charge in [0, 0.05) is 31.1 Å².